The lowest BCUT2D eigenvalue weighted by molar-refractivity contribution is 0.673. The van der Waals surface area contributed by atoms with Crippen LogP contribution in [0.5, 0.6) is 0 Å². The second kappa shape index (κ2) is 31.6. The van der Waals surface area contributed by atoms with Gasteiger partial charge in [0, 0.05) is 0 Å². The van der Waals surface area contributed by atoms with Crippen LogP contribution in [-0.2, 0) is 0 Å². The zero-order chi connectivity index (χ0) is 16.6. The van der Waals surface area contributed by atoms with Gasteiger partial charge in [0.1, 0.15) is 0 Å². The molecule has 0 aromatic carbocycles. The molecule has 21 heavy (non-hydrogen) atoms. The van der Waals surface area contributed by atoms with Crippen LogP contribution < -0.4 is 0 Å². The minimum absolute atomic E-state index is 1.19. The lowest BCUT2D eigenvalue weighted by atomic mass is 10.1. The second-order valence-electron chi connectivity index (χ2n) is 5.25. The zero-order valence-electron chi connectivity index (χ0n) is 15.3. The lowest BCUT2D eigenvalue weighted by Crippen LogP contribution is -1.73. The summed E-state index contributed by atoms with van der Waals surface area (Å²) in [7, 11) is 0. The summed E-state index contributed by atoms with van der Waals surface area (Å²) in [6.45, 7) is 16.4. The Bertz CT molecular complexity index is 178. The summed E-state index contributed by atoms with van der Waals surface area (Å²) in [6.07, 6.45) is 22.6. The van der Waals surface area contributed by atoms with E-state index < -0.39 is 0 Å². The number of rotatable bonds is 12. The van der Waals surface area contributed by atoms with Gasteiger partial charge in [-0.05, 0) is 32.1 Å². The molecule has 0 heteroatoms. The Labute approximate surface area is 136 Å². The van der Waals surface area contributed by atoms with Gasteiger partial charge in [0.15, 0.2) is 0 Å². The van der Waals surface area contributed by atoms with Crippen molar-refractivity contribution in [2.24, 2.45) is 0 Å². The minimum Gasteiger partial charge on any atom is -0.106 e. The van der Waals surface area contributed by atoms with E-state index >= 15 is 0 Å². The van der Waals surface area contributed by atoms with Gasteiger partial charge in [0.05, 0.1) is 0 Å². The number of hydrogen-bond donors (Lipinski definition) is 0. The predicted octanol–water partition coefficient (Wildman–Crippen LogP) is 8.26. The molecule has 0 spiro atoms. The summed E-state index contributed by atoms with van der Waals surface area (Å²) in [4.78, 5) is 0. The summed E-state index contributed by atoms with van der Waals surface area (Å²) in [6, 6.07) is 0. The fourth-order valence-electron chi connectivity index (χ4n) is 1.81. The molecule has 0 bridgehead atoms. The molecular weight excluding hydrogens is 252 g/mol. The van der Waals surface area contributed by atoms with E-state index in [0.29, 0.717) is 0 Å². The Kier molecular flexibility index (Phi) is 37.8. The number of unbranched alkanes of at least 4 members (excludes halogenated alkanes) is 9. The van der Waals surface area contributed by atoms with Gasteiger partial charge in [-0.3, -0.25) is 0 Å². The highest BCUT2D eigenvalue weighted by molar-refractivity contribution is 4.80. The molecule has 0 saturated heterocycles. The van der Waals surface area contributed by atoms with Gasteiger partial charge >= 0.3 is 0 Å². The van der Waals surface area contributed by atoms with Crippen molar-refractivity contribution in [3.05, 3.63) is 38.0 Å². The predicted molar refractivity (Wildman–Crippen MR) is 103 cm³/mol. The maximum atomic E-state index is 3.66. The van der Waals surface area contributed by atoms with Crippen LogP contribution in [0.25, 0.3) is 0 Å². The Morgan fingerprint density at radius 2 is 1.05 bits per heavy atom. The molecule has 0 rings (SSSR count). The van der Waals surface area contributed by atoms with Crippen molar-refractivity contribution in [2.75, 3.05) is 0 Å². The highest BCUT2D eigenvalue weighted by Gasteiger charge is 1.83. The SMILES string of the molecule is C=C.C=CCCCCCC.CCCC=CCCCCCC. The normalized spacial score (nSPS) is 9.48. The van der Waals surface area contributed by atoms with Gasteiger partial charge in [0.25, 0.3) is 0 Å². The van der Waals surface area contributed by atoms with E-state index in [2.05, 4.69) is 52.7 Å². The molecule has 126 valence electrons. The Morgan fingerprint density at radius 3 is 1.48 bits per heavy atom. The highest BCUT2D eigenvalue weighted by Crippen LogP contribution is 2.03. The molecule has 0 aromatic heterocycles. The smallest absolute Gasteiger partial charge is 0.0351 e. The molecule has 0 aliphatic rings. The molecule has 0 atom stereocenters. The van der Waals surface area contributed by atoms with Crippen LogP contribution in [0.3, 0.4) is 0 Å². The molecule has 0 aliphatic heterocycles. The molecule has 0 unspecified atom stereocenters. The van der Waals surface area contributed by atoms with Gasteiger partial charge in [-0.25, -0.2) is 0 Å². The van der Waals surface area contributed by atoms with Crippen LogP contribution in [0.15, 0.2) is 38.0 Å². The van der Waals surface area contributed by atoms with Crippen molar-refractivity contribution in [1.82, 2.24) is 0 Å². The van der Waals surface area contributed by atoms with Gasteiger partial charge in [-0.1, -0.05) is 83.9 Å². The largest absolute Gasteiger partial charge is 0.106 e. The van der Waals surface area contributed by atoms with Crippen LogP contribution >= 0.6 is 0 Å². The van der Waals surface area contributed by atoms with E-state index in [1.807, 2.05) is 6.08 Å². The monoisotopic (exact) mass is 294 g/mol. The topological polar surface area (TPSA) is 0 Å². The summed E-state index contributed by atoms with van der Waals surface area (Å²) < 4.78 is 0. The average Bonchev–Trinajstić information content (AvgIpc) is 2.53. The maximum Gasteiger partial charge on any atom is -0.0351 e. The van der Waals surface area contributed by atoms with Crippen LogP contribution in [0.4, 0.5) is 0 Å². The third-order valence-electron chi connectivity index (χ3n) is 3.11. The first-order valence-electron chi connectivity index (χ1n) is 9.09. The molecule has 0 fully saturated rings. The molecule has 0 N–H and O–H groups in total. The fraction of sp³-hybridized carbons (Fsp3) is 0.714. The first-order valence-corrected chi connectivity index (χ1v) is 9.09. The van der Waals surface area contributed by atoms with Crippen LogP contribution in [0.2, 0.25) is 0 Å². The van der Waals surface area contributed by atoms with E-state index in [1.54, 1.807) is 0 Å². The van der Waals surface area contributed by atoms with Gasteiger partial charge in [-0.2, -0.15) is 0 Å². The Morgan fingerprint density at radius 1 is 0.571 bits per heavy atom. The van der Waals surface area contributed by atoms with Gasteiger partial charge in [-0.15, -0.1) is 19.7 Å². The van der Waals surface area contributed by atoms with Gasteiger partial charge < -0.3 is 0 Å². The molecule has 0 radical (unpaired) electrons. The van der Waals surface area contributed by atoms with Crippen molar-refractivity contribution < 1.29 is 0 Å². The van der Waals surface area contributed by atoms with Crippen LogP contribution in [-0.4, -0.2) is 0 Å². The molecular formula is C21H42. The summed E-state index contributed by atoms with van der Waals surface area (Å²) >= 11 is 0. The van der Waals surface area contributed by atoms with Crippen molar-refractivity contribution in [3.8, 4) is 0 Å². The average molecular weight is 295 g/mol. The zero-order valence-corrected chi connectivity index (χ0v) is 15.3. The molecule has 0 aliphatic carbocycles. The first-order chi connectivity index (χ1) is 10.3. The molecule has 0 amide bonds. The Balaban J connectivity index is -0.000000286. The summed E-state index contributed by atoms with van der Waals surface area (Å²) in [5, 5.41) is 0. The quantitative estimate of drug-likeness (QED) is 0.251. The van der Waals surface area contributed by atoms with Crippen LogP contribution in [0.1, 0.15) is 97.8 Å². The van der Waals surface area contributed by atoms with E-state index in [0.717, 1.165) is 0 Å². The maximum absolute atomic E-state index is 3.66. The van der Waals surface area contributed by atoms with E-state index in [9.17, 15) is 0 Å². The summed E-state index contributed by atoms with van der Waals surface area (Å²) in [5.74, 6) is 0. The number of allylic oxidation sites excluding steroid dienone is 3. The van der Waals surface area contributed by atoms with Crippen molar-refractivity contribution in [1.29, 1.82) is 0 Å². The minimum atomic E-state index is 1.19. The standard InChI is InChI=1S/C11H22.C8H16.C2H4/c1-3-5-7-9-11-10-8-6-4-2;1-3-5-7-8-6-4-2;1-2/h7,9H,3-6,8,10-11H2,1-2H3;3H,1,4-8H2,2H3;1-2H2. The Hall–Kier alpha value is -0.780. The van der Waals surface area contributed by atoms with Crippen molar-refractivity contribution in [2.45, 2.75) is 97.8 Å². The van der Waals surface area contributed by atoms with Crippen LogP contribution in [0, 0.1) is 0 Å². The summed E-state index contributed by atoms with van der Waals surface area (Å²) in [5.41, 5.74) is 0. The number of hydrogen-bond acceptors (Lipinski definition) is 0. The third-order valence-corrected chi connectivity index (χ3v) is 3.11. The first kappa shape index (κ1) is 25.2. The molecule has 0 aromatic rings. The van der Waals surface area contributed by atoms with E-state index in [4.69, 9.17) is 0 Å². The van der Waals surface area contributed by atoms with Crippen molar-refractivity contribution >= 4 is 0 Å². The molecule has 0 nitrogen and oxygen atoms in total. The van der Waals surface area contributed by atoms with E-state index in [1.165, 1.54) is 77.0 Å². The molecule has 0 saturated carbocycles. The van der Waals surface area contributed by atoms with E-state index in [-0.39, 0.29) is 0 Å². The van der Waals surface area contributed by atoms with Gasteiger partial charge in [0.2, 0.25) is 0 Å². The fourth-order valence-corrected chi connectivity index (χ4v) is 1.81. The lowest BCUT2D eigenvalue weighted by Gasteiger charge is -1.93. The highest BCUT2D eigenvalue weighted by atomic mass is 13.9. The van der Waals surface area contributed by atoms with Crippen molar-refractivity contribution in [3.63, 3.8) is 0 Å². The molecule has 0 heterocycles. The third kappa shape index (κ3) is 38.2. The second-order valence-corrected chi connectivity index (χ2v) is 5.25.